The van der Waals surface area contributed by atoms with E-state index in [4.69, 9.17) is 0 Å². The Morgan fingerprint density at radius 1 is 1.43 bits per heavy atom. The van der Waals surface area contributed by atoms with Crippen LogP contribution in [0.15, 0.2) is 12.5 Å². The fraction of sp³-hybridized carbons (Fsp3) is 0.750. The minimum absolute atomic E-state index is 0.496. The average molecular weight is 194 g/mol. The molecule has 0 N–H and O–H groups in total. The van der Waals surface area contributed by atoms with Crippen molar-refractivity contribution in [3.8, 4) is 0 Å². The molecule has 1 aromatic heterocycles. The number of imidazole rings is 1. The molecule has 0 aliphatic carbocycles. The molecule has 0 radical (unpaired) electrons. The SMILES string of the molecule is CCC(C)(C)CCCn1cnc(C)c1. The molecule has 0 fully saturated rings. The molecule has 0 spiro atoms. The maximum absolute atomic E-state index is 4.21. The first-order chi connectivity index (χ1) is 6.53. The van der Waals surface area contributed by atoms with Crippen LogP contribution in [0.5, 0.6) is 0 Å². The van der Waals surface area contributed by atoms with Gasteiger partial charge in [-0.1, -0.05) is 27.2 Å². The van der Waals surface area contributed by atoms with Crippen molar-refractivity contribution in [3.05, 3.63) is 18.2 Å². The predicted molar refractivity (Wildman–Crippen MR) is 60.3 cm³/mol. The molecule has 0 atom stereocenters. The van der Waals surface area contributed by atoms with Crippen LogP contribution in [-0.2, 0) is 6.54 Å². The molecule has 0 bridgehead atoms. The van der Waals surface area contributed by atoms with Gasteiger partial charge in [-0.3, -0.25) is 0 Å². The summed E-state index contributed by atoms with van der Waals surface area (Å²) in [6, 6.07) is 0. The fourth-order valence-corrected chi connectivity index (χ4v) is 1.51. The van der Waals surface area contributed by atoms with E-state index in [2.05, 4.69) is 36.5 Å². The van der Waals surface area contributed by atoms with Crippen molar-refractivity contribution < 1.29 is 0 Å². The maximum atomic E-state index is 4.21. The van der Waals surface area contributed by atoms with Crippen molar-refractivity contribution in [1.29, 1.82) is 0 Å². The number of hydrogen-bond acceptors (Lipinski definition) is 1. The highest BCUT2D eigenvalue weighted by Crippen LogP contribution is 2.26. The van der Waals surface area contributed by atoms with Crippen LogP contribution in [0.2, 0.25) is 0 Å². The first-order valence-corrected chi connectivity index (χ1v) is 5.52. The second kappa shape index (κ2) is 4.63. The first-order valence-electron chi connectivity index (χ1n) is 5.52. The molecule has 0 aliphatic rings. The van der Waals surface area contributed by atoms with E-state index in [1.54, 1.807) is 0 Å². The van der Waals surface area contributed by atoms with Crippen molar-refractivity contribution in [3.63, 3.8) is 0 Å². The molecule has 14 heavy (non-hydrogen) atoms. The molecule has 80 valence electrons. The van der Waals surface area contributed by atoms with Crippen molar-refractivity contribution in [2.75, 3.05) is 0 Å². The number of rotatable bonds is 5. The third kappa shape index (κ3) is 3.52. The molecule has 0 saturated carbocycles. The molecule has 1 aromatic rings. The Hall–Kier alpha value is -0.790. The van der Waals surface area contributed by atoms with E-state index in [-0.39, 0.29) is 0 Å². The summed E-state index contributed by atoms with van der Waals surface area (Å²) in [6.07, 6.45) is 7.83. The molecular formula is C12H22N2. The zero-order chi connectivity index (χ0) is 10.6. The van der Waals surface area contributed by atoms with Gasteiger partial charge < -0.3 is 4.57 Å². The maximum Gasteiger partial charge on any atom is 0.0949 e. The highest BCUT2D eigenvalue weighted by molar-refractivity contribution is 4.91. The average Bonchev–Trinajstić information content (AvgIpc) is 2.51. The van der Waals surface area contributed by atoms with Gasteiger partial charge in [-0.25, -0.2) is 4.98 Å². The zero-order valence-electron chi connectivity index (χ0n) is 9.88. The van der Waals surface area contributed by atoms with Gasteiger partial charge in [0.05, 0.1) is 12.0 Å². The van der Waals surface area contributed by atoms with Gasteiger partial charge in [0.15, 0.2) is 0 Å². The lowest BCUT2D eigenvalue weighted by atomic mass is 9.85. The summed E-state index contributed by atoms with van der Waals surface area (Å²) in [6.45, 7) is 10.1. The van der Waals surface area contributed by atoms with Crippen LogP contribution in [0.4, 0.5) is 0 Å². The van der Waals surface area contributed by atoms with Gasteiger partial charge in [-0.05, 0) is 25.2 Å². The van der Waals surface area contributed by atoms with Gasteiger partial charge in [0.1, 0.15) is 0 Å². The van der Waals surface area contributed by atoms with E-state index < -0.39 is 0 Å². The van der Waals surface area contributed by atoms with Gasteiger partial charge in [0.25, 0.3) is 0 Å². The van der Waals surface area contributed by atoms with Gasteiger partial charge in [0, 0.05) is 12.7 Å². The van der Waals surface area contributed by atoms with E-state index in [1.807, 2.05) is 13.3 Å². The Bertz CT molecular complexity index is 274. The summed E-state index contributed by atoms with van der Waals surface area (Å²) in [5, 5.41) is 0. The minimum atomic E-state index is 0.496. The second-order valence-corrected chi connectivity index (χ2v) is 4.87. The third-order valence-electron chi connectivity index (χ3n) is 2.99. The highest BCUT2D eigenvalue weighted by Gasteiger charge is 2.13. The van der Waals surface area contributed by atoms with Crippen molar-refractivity contribution in [2.45, 2.75) is 53.5 Å². The first kappa shape index (κ1) is 11.3. The summed E-state index contributed by atoms with van der Waals surface area (Å²) in [7, 11) is 0. The van der Waals surface area contributed by atoms with E-state index in [9.17, 15) is 0 Å². The quantitative estimate of drug-likeness (QED) is 0.702. The summed E-state index contributed by atoms with van der Waals surface area (Å²) in [5.74, 6) is 0. The summed E-state index contributed by atoms with van der Waals surface area (Å²) in [4.78, 5) is 4.21. The van der Waals surface area contributed by atoms with Crippen LogP contribution in [0.3, 0.4) is 0 Å². The lowest BCUT2D eigenvalue weighted by Crippen LogP contribution is -2.10. The monoisotopic (exact) mass is 194 g/mol. The Labute approximate surface area is 87.4 Å². The zero-order valence-corrected chi connectivity index (χ0v) is 9.88. The summed E-state index contributed by atoms with van der Waals surface area (Å²) >= 11 is 0. The van der Waals surface area contributed by atoms with Crippen LogP contribution < -0.4 is 0 Å². The molecule has 0 aliphatic heterocycles. The molecule has 0 amide bonds. The molecule has 1 heterocycles. The van der Waals surface area contributed by atoms with Gasteiger partial charge in [-0.2, -0.15) is 0 Å². The Balaban J connectivity index is 2.28. The van der Waals surface area contributed by atoms with Crippen LogP contribution in [0.25, 0.3) is 0 Å². The van der Waals surface area contributed by atoms with Gasteiger partial charge in [0.2, 0.25) is 0 Å². The summed E-state index contributed by atoms with van der Waals surface area (Å²) in [5.41, 5.74) is 1.61. The Kier molecular flexibility index (Phi) is 3.73. The number of aromatic nitrogens is 2. The third-order valence-corrected chi connectivity index (χ3v) is 2.99. The van der Waals surface area contributed by atoms with E-state index in [0.717, 1.165) is 12.2 Å². The van der Waals surface area contributed by atoms with Gasteiger partial charge >= 0.3 is 0 Å². The van der Waals surface area contributed by atoms with E-state index in [1.165, 1.54) is 19.3 Å². The molecule has 1 rings (SSSR count). The van der Waals surface area contributed by atoms with E-state index >= 15 is 0 Å². The largest absolute Gasteiger partial charge is 0.337 e. The Morgan fingerprint density at radius 3 is 2.64 bits per heavy atom. The lowest BCUT2D eigenvalue weighted by Gasteiger charge is -2.22. The molecule has 0 unspecified atom stereocenters. The molecule has 0 aromatic carbocycles. The summed E-state index contributed by atoms with van der Waals surface area (Å²) < 4.78 is 2.18. The van der Waals surface area contributed by atoms with Crippen LogP contribution in [0.1, 0.15) is 45.7 Å². The van der Waals surface area contributed by atoms with Crippen molar-refractivity contribution in [2.24, 2.45) is 5.41 Å². The number of nitrogens with zero attached hydrogens (tertiary/aromatic N) is 2. The minimum Gasteiger partial charge on any atom is -0.337 e. The molecule has 2 heteroatoms. The van der Waals surface area contributed by atoms with Crippen LogP contribution in [-0.4, -0.2) is 9.55 Å². The molecular weight excluding hydrogens is 172 g/mol. The van der Waals surface area contributed by atoms with Gasteiger partial charge in [-0.15, -0.1) is 0 Å². The normalized spacial score (nSPS) is 12.0. The predicted octanol–water partition coefficient (Wildman–Crippen LogP) is 3.41. The number of hydrogen-bond donors (Lipinski definition) is 0. The lowest BCUT2D eigenvalue weighted by molar-refractivity contribution is 0.305. The standard InChI is InChI=1S/C12H22N2/c1-5-12(3,4)7-6-8-14-9-11(2)13-10-14/h9-10H,5-8H2,1-4H3. The van der Waals surface area contributed by atoms with Crippen LogP contribution in [0, 0.1) is 12.3 Å². The Morgan fingerprint density at radius 2 is 2.14 bits per heavy atom. The molecule has 2 nitrogen and oxygen atoms in total. The van der Waals surface area contributed by atoms with Crippen LogP contribution >= 0.6 is 0 Å². The van der Waals surface area contributed by atoms with Crippen molar-refractivity contribution in [1.82, 2.24) is 9.55 Å². The van der Waals surface area contributed by atoms with E-state index in [0.29, 0.717) is 5.41 Å². The molecule has 0 saturated heterocycles. The number of aryl methyl sites for hydroxylation is 2. The topological polar surface area (TPSA) is 17.8 Å². The fourth-order valence-electron chi connectivity index (χ4n) is 1.51. The second-order valence-electron chi connectivity index (χ2n) is 4.87. The smallest absolute Gasteiger partial charge is 0.0949 e. The van der Waals surface area contributed by atoms with Crippen molar-refractivity contribution >= 4 is 0 Å². The highest BCUT2D eigenvalue weighted by atomic mass is 15.0.